The zero-order valence-electron chi connectivity index (χ0n) is 16.0. The van der Waals surface area contributed by atoms with Gasteiger partial charge in [-0.2, -0.15) is 9.40 Å². The lowest BCUT2D eigenvalue weighted by atomic mass is 10.3. The number of nitrogens with one attached hydrogen (secondary N) is 1. The molecule has 1 N–H and O–H groups in total. The van der Waals surface area contributed by atoms with Crippen LogP contribution in [0.3, 0.4) is 0 Å². The molecule has 4 rings (SSSR count). The second-order valence-electron chi connectivity index (χ2n) is 6.95. The standard InChI is InChI=1S/C19H21N5O4S2/c25-29(26,22-19-8-13-23(21-19)15-16-6-9-20-10-7-16)17-4-3-5-18(14-17)30(27,28)24-11-1-2-12-24/h3-10,13-14H,1-2,11-12,15H2,(H,21,22). The van der Waals surface area contributed by atoms with Crippen LogP contribution in [0.25, 0.3) is 0 Å². The summed E-state index contributed by atoms with van der Waals surface area (Å²) in [5.41, 5.74) is 0.974. The van der Waals surface area contributed by atoms with E-state index in [1.165, 1.54) is 28.6 Å². The molecule has 1 aliphatic heterocycles. The maximum Gasteiger partial charge on any atom is 0.263 e. The Labute approximate surface area is 175 Å². The second-order valence-corrected chi connectivity index (χ2v) is 10.6. The highest BCUT2D eigenvalue weighted by Gasteiger charge is 2.28. The molecule has 2 aromatic heterocycles. The van der Waals surface area contributed by atoms with E-state index < -0.39 is 20.0 Å². The third-order valence-corrected chi connectivity index (χ3v) is 8.04. The quantitative estimate of drug-likeness (QED) is 0.592. The van der Waals surface area contributed by atoms with E-state index in [0.29, 0.717) is 19.6 Å². The first-order valence-corrected chi connectivity index (χ1v) is 12.3. The van der Waals surface area contributed by atoms with Crippen LogP contribution in [0.4, 0.5) is 5.82 Å². The van der Waals surface area contributed by atoms with Crippen LogP contribution in [0.1, 0.15) is 18.4 Å². The van der Waals surface area contributed by atoms with E-state index >= 15 is 0 Å². The number of hydrogen-bond donors (Lipinski definition) is 1. The molecule has 158 valence electrons. The van der Waals surface area contributed by atoms with Crippen LogP contribution < -0.4 is 4.72 Å². The number of pyridine rings is 1. The Hall–Kier alpha value is -2.76. The Balaban J connectivity index is 1.53. The molecule has 3 heterocycles. The van der Waals surface area contributed by atoms with E-state index in [-0.39, 0.29) is 15.6 Å². The zero-order valence-corrected chi connectivity index (χ0v) is 17.7. The van der Waals surface area contributed by atoms with Crippen molar-refractivity contribution >= 4 is 25.9 Å². The van der Waals surface area contributed by atoms with Gasteiger partial charge in [-0.25, -0.2) is 16.8 Å². The van der Waals surface area contributed by atoms with E-state index in [1.807, 2.05) is 12.1 Å². The van der Waals surface area contributed by atoms with Gasteiger partial charge < -0.3 is 0 Å². The first-order chi connectivity index (χ1) is 14.3. The Morgan fingerprint density at radius 2 is 1.63 bits per heavy atom. The minimum absolute atomic E-state index is 0.0320. The Morgan fingerprint density at radius 3 is 2.37 bits per heavy atom. The summed E-state index contributed by atoms with van der Waals surface area (Å²) < 4.78 is 56.5. The van der Waals surface area contributed by atoms with Crippen LogP contribution in [-0.2, 0) is 26.6 Å². The van der Waals surface area contributed by atoms with Gasteiger partial charge in [0, 0.05) is 37.7 Å². The fourth-order valence-electron chi connectivity index (χ4n) is 3.26. The number of hydrogen-bond acceptors (Lipinski definition) is 6. The monoisotopic (exact) mass is 447 g/mol. The van der Waals surface area contributed by atoms with Crippen LogP contribution >= 0.6 is 0 Å². The van der Waals surface area contributed by atoms with Gasteiger partial charge in [0.2, 0.25) is 10.0 Å². The highest BCUT2D eigenvalue weighted by Crippen LogP contribution is 2.24. The first-order valence-electron chi connectivity index (χ1n) is 9.40. The number of rotatable bonds is 7. The molecule has 0 unspecified atom stereocenters. The fraction of sp³-hybridized carbons (Fsp3) is 0.263. The molecule has 0 saturated carbocycles. The van der Waals surface area contributed by atoms with E-state index in [2.05, 4.69) is 14.8 Å². The van der Waals surface area contributed by atoms with Crippen molar-refractivity contribution in [1.82, 2.24) is 19.1 Å². The summed E-state index contributed by atoms with van der Waals surface area (Å²) in [5.74, 6) is 0.150. The molecule has 1 aromatic carbocycles. The Bertz CT molecular complexity index is 1230. The van der Waals surface area contributed by atoms with Crippen molar-refractivity contribution in [2.45, 2.75) is 29.2 Å². The lowest BCUT2D eigenvalue weighted by Crippen LogP contribution is -2.28. The van der Waals surface area contributed by atoms with Gasteiger partial charge in [0.1, 0.15) is 0 Å². The third-order valence-electron chi connectivity index (χ3n) is 4.79. The van der Waals surface area contributed by atoms with Crippen molar-refractivity contribution in [2.24, 2.45) is 0 Å². The summed E-state index contributed by atoms with van der Waals surface area (Å²) in [6.07, 6.45) is 6.62. The molecule has 0 amide bonds. The van der Waals surface area contributed by atoms with E-state index in [9.17, 15) is 16.8 Å². The number of sulfonamides is 2. The average Bonchev–Trinajstić information content (AvgIpc) is 3.41. The summed E-state index contributed by atoms with van der Waals surface area (Å²) >= 11 is 0. The van der Waals surface area contributed by atoms with Crippen molar-refractivity contribution < 1.29 is 16.8 Å². The number of benzene rings is 1. The van der Waals surface area contributed by atoms with E-state index in [4.69, 9.17) is 0 Å². The molecule has 0 bridgehead atoms. The smallest absolute Gasteiger partial charge is 0.263 e. The molecular weight excluding hydrogens is 426 g/mol. The van der Waals surface area contributed by atoms with Crippen LogP contribution in [0, 0.1) is 0 Å². The van der Waals surface area contributed by atoms with Crippen molar-refractivity contribution in [2.75, 3.05) is 17.8 Å². The number of nitrogens with zero attached hydrogens (tertiary/aromatic N) is 4. The highest BCUT2D eigenvalue weighted by atomic mass is 32.2. The average molecular weight is 448 g/mol. The minimum Gasteiger partial charge on any atom is -0.266 e. The van der Waals surface area contributed by atoms with Crippen molar-refractivity contribution in [3.63, 3.8) is 0 Å². The molecule has 1 fully saturated rings. The molecule has 9 nitrogen and oxygen atoms in total. The molecule has 0 atom stereocenters. The number of anilines is 1. The summed E-state index contributed by atoms with van der Waals surface area (Å²) in [6.45, 7) is 1.37. The van der Waals surface area contributed by atoms with Crippen LogP contribution in [0.2, 0.25) is 0 Å². The maximum atomic E-state index is 12.8. The Morgan fingerprint density at radius 1 is 0.933 bits per heavy atom. The predicted molar refractivity (Wildman–Crippen MR) is 111 cm³/mol. The zero-order chi connectivity index (χ0) is 21.2. The summed E-state index contributed by atoms with van der Waals surface area (Å²) in [5, 5.41) is 4.23. The molecule has 0 aliphatic carbocycles. The molecule has 30 heavy (non-hydrogen) atoms. The van der Waals surface area contributed by atoms with Gasteiger partial charge in [-0.3, -0.25) is 14.4 Å². The van der Waals surface area contributed by atoms with Gasteiger partial charge in [0.15, 0.2) is 5.82 Å². The van der Waals surface area contributed by atoms with Gasteiger partial charge in [-0.15, -0.1) is 0 Å². The Kier molecular flexibility index (Phi) is 5.58. The fourth-order valence-corrected chi connectivity index (χ4v) is 5.94. The third kappa shape index (κ3) is 4.37. The normalized spacial score (nSPS) is 15.3. The van der Waals surface area contributed by atoms with Crippen LogP contribution in [-0.4, -0.2) is 49.0 Å². The molecule has 1 aliphatic rings. The van der Waals surface area contributed by atoms with Gasteiger partial charge in [-0.05, 0) is 48.7 Å². The summed E-state index contributed by atoms with van der Waals surface area (Å²) in [4.78, 5) is 3.79. The molecule has 11 heteroatoms. The lowest BCUT2D eigenvalue weighted by Gasteiger charge is -2.16. The van der Waals surface area contributed by atoms with E-state index in [1.54, 1.807) is 29.3 Å². The molecular formula is C19H21N5O4S2. The molecule has 0 radical (unpaired) electrons. The van der Waals surface area contributed by atoms with Crippen LogP contribution in [0.15, 0.2) is 70.8 Å². The van der Waals surface area contributed by atoms with Gasteiger partial charge in [0.25, 0.3) is 10.0 Å². The van der Waals surface area contributed by atoms with Crippen molar-refractivity contribution in [3.8, 4) is 0 Å². The molecule has 3 aromatic rings. The maximum absolute atomic E-state index is 12.8. The topological polar surface area (TPSA) is 114 Å². The van der Waals surface area contributed by atoms with Gasteiger partial charge in [-0.1, -0.05) is 6.07 Å². The minimum atomic E-state index is -4.00. The second kappa shape index (κ2) is 8.17. The molecule has 1 saturated heterocycles. The largest absolute Gasteiger partial charge is 0.266 e. The highest BCUT2D eigenvalue weighted by molar-refractivity contribution is 7.93. The summed E-state index contributed by atoms with van der Waals surface area (Å²) in [7, 11) is -7.71. The van der Waals surface area contributed by atoms with Crippen LogP contribution in [0.5, 0.6) is 0 Å². The van der Waals surface area contributed by atoms with Gasteiger partial charge >= 0.3 is 0 Å². The van der Waals surface area contributed by atoms with Crippen molar-refractivity contribution in [1.29, 1.82) is 0 Å². The first kappa shape index (κ1) is 20.5. The number of aromatic nitrogens is 3. The predicted octanol–water partition coefficient (Wildman–Crippen LogP) is 1.91. The summed E-state index contributed by atoms with van der Waals surface area (Å²) in [6, 6.07) is 10.6. The van der Waals surface area contributed by atoms with E-state index in [0.717, 1.165) is 18.4 Å². The lowest BCUT2D eigenvalue weighted by molar-refractivity contribution is 0.477. The molecule has 0 spiro atoms. The SMILES string of the molecule is O=S(=O)(Nc1ccn(Cc2ccncc2)n1)c1cccc(S(=O)(=O)N2CCCC2)c1. The van der Waals surface area contributed by atoms with Gasteiger partial charge in [0.05, 0.1) is 16.3 Å². The van der Waals surface area contributed by atoms with Crippen molar-refractivity contribution in [3.05, 3.63) is 66.6 Å².